The predicted octanol–water partition coefficient (Wildman–Crippen LogP) is 8.17. The second kappa shape index (κ2) is 17.2. The SMILES string of the molecule is C[C](C)=[Zr+2].Oc1ccc(F)cc1.Oc1ccc(F)cc1.[C-]1=CC=CC1.[c-]1cccc2c1Cc1ccccc1-2. The average Bonchev–Trinajstić information content (AvgIpc) is 3.60. The van der Waals surface area contributed by atoms with Gasteiger partial charge in [-0.05, 0) is 55.0 Å². The molecule has 38 heavy (non-hydrogen) atoms. The first kappa shape index (κ1) is 30.8. The van der Waals surface area contributed by atoms with Crippen molar-refractivity contribution >= 4 is 3.21 Å². The smallest absolute Gasteiger partial charge is 0.123 e. The minimum absolute atomic E-state index is 0.0893. The Labute approximate surface area is 239 Å². The third kappa shape index (κ3) is 12.2. The summed E-state index contributed by atoms with van der Waals surface area (Å²) in [5.41, 5.74) is 5.51. The minimum Gasteiger partial charge on any atom is -0.508 e. The van der Waals surface area contributed by atoms with Gasteiger partial charge in [-0.1, -0.05) is 35.4 Å². The fourth-order valence-electron chi connectivity index (χ4n) is 3.22. The van der Waals surface area contributed by atoms with Gasteiger partial charge >= 0.3 is 41.3 Å². The van der Waals surface area contributed by atoms with Crippen LogP contribution >= 0.6 is 0 Å². The molecule has 2 nitrogen and oxygen atoms in total. The molecule has 0 amide bonds. The first-order valence-corrected chi connectivity index (χ1v) is 13.2. The van der Waals surface area contributed by atoms with E-state index in [1.165, 1.54) is 74.0 Å². The Morgan fingerprint density at radius 2 is 1.29 bits per heavy atom. The van der Waals surface area contributed by atoms with E-state index in [0.717, 1.165) is 12.8 Å². The van der Waals surface area contributed by atoms with E-state index in [0.29, 0.717) is 0 Å². The van der Waals surface area contributed by atoms with Gasteiger partial charge in [0.25, 0.3) is 0 Å². The molecule has 0 fully saturated rings. The second-order valence-corrected chi connectivity index (χ2v) is 10.8. The van der Waals surface area contributed by atoms with E-state index in [1.54, 1.807) is 24.2 Å². The van der Waals surface area contributed by atoms with Crippen molar-refractivity contribution in [2.45, 2.75) is 26.7 Å². The molecule has 0 heterocycles. The molecule has 2 N–H and O–H groups in total. The minimum atomic E-state index is -0.331. The number of fused-ring (bicyclic) bond motifs is 3. The third-order valence-corrected chi connectivity index (χ3v) is 4.86. The number of allylic oxidation sites excluding steroid dienone is 4. The van der Waals surface area contributed by atoms with Gasteiger partial charge in [-0.25, -0.2) is 20.9 Å². The summed E-state index contributed by atoms with van der Waals surface area (Å²) in [5, 5.41) is 17.2. The molecule has 6 rings (SSSR count). The summed E-state index contributed by atoms with van der Waals surface area (Å²) in [6, 6.07) is 28.1. The van der Waals surface area contributed by atoms with Crippen molar-refractivity contribution in [3.63, 3.8) is 0 Å². The average molecular weight is 588 g/mol. The molecule has 2 aliphatic carbocycles. The molecule has 0 atom stereocenters. The third-order valence-electron chi connectivity index (χ3n) is 4.86. The maximum atomic E-state index is 12.0. The first-order chi connectivity index (χ1) is 18.3. The Kier molecular flexibility index (Phi) is 13.9. The van der Waals surface area contributed by atoms with Crippen LogP contribution in [0.2, 0.25) is 0 Å². The molecule has 192 valence electrons. The van der Waals surface area contributed by atoms with Gasteiger partial charge in [0.05, 0.1) is 0 Å². The number of benzene rings is 4. The Morgan fingerprint density at radius 3 is 1.74 bits per heavy atom. The van der Waals surface area contributed by atoms with Gasteiger partial charge in [-0.15, -0.1) is 12.0 Å². The molecule has 4 aromatic rings. The van der Waals surface area contributed by atoms with E-state index in [1.807, 2.05) is 18.2 Å². The predicted molar refractivity (Wildman–Crippen MR) is 148 cm³/mol. The molecule has 0 bridgehead atoms. The van der Waals surface area contributed by atoms with Crippen molar-refractivity contribution in [1.29, 1.82) is 0 Å². The van der Waals surface area contributed by atoms with E-state index in [2.05, 4.69) is 68.5 Å². The van der Waals surface area contributed by atoms with Crippen molar-refractivity contribution in [3.05, 3.63) is 144 Å². The largest absolute Gasteiger partial charge is 0.508 e. The van der Waals surface area contributed by atoms with Crippen LogP contribution in [0.3, 0.4) is 0 Å². The van der Waals surface area contributed by atoms with E-state index in [4.69, 9.17) is 10.2 Å². The molecule has 0 unspecified atom stereocenters. The number of hydrogen-bond donors (Lipinski definition) is 2. The Balaban J connectivity index is 0.000000179. The van der Waals surface area contributed by atoms with Crippen molar-refractivity contribution in [3.8, 4) is 22.6 Å². The van der Waals surface area contributed by atoms with Crippen molar-refractivity contribution in [2.75, 3.05) is 0 Å². The number of aromatic hydroxyl groups is 2. The fourth-order valence-corrected chi connectivity index (χ4v) is 3.22. The molecule has 0 radical (unpaired) electrons. The maximum Gasteiger partial charge on any atom is 0.123 e. The van der Waals surface area contributed by atoms with Gasteiger partial charge in [0.2, 0.25) is 0 Å². The zero-order valence-corrected chi connectivity index (χ0v) is 23.9. The van der Waals surface area contributed by atoms with Gasteiger partial charge in [-0.3, -0.25) is 6.08 Å². The van der Waals surface area contributed by atoms with Gasteiger partial charge in [-0.2, -0.15) is 35.9 Å². The molecule has 0 spiro atoms. The van der Waals surface area contributed by atoms with Crippen molar-refractivity contribution in [2.24, 2.45) is 0 Å². The molecule has 0 aliphatic heterocycles. The topological polar surface area (TPSA) is 40.5 Å². The summed E-state index contributed by atoms with van der Waals surface area (Å²) < 4.78 is 25.5. The second-order valence-electron chi connectivity index (χ2n) is 8.35. The van der Waals surface area contributed by atoms with Gasteiger partial charge in [0.15, 0.2) is 0 Å². The summed E-state index contributed by atoms with van der Waals surface area (Å²) in [6.07, 6.45) is 11.0. The summed E-state index contributed by atoms with van der Waals surface area (Å²) >= 11 is 1.55. The van der Waals surface area contributed by atoms with Gasteiger partial charge in [0, 0.05) is 0 Å². The summed E-state index contributed by atoms with van der Waals surface area (Å²) in [6.45, 7) is 4.25. The molecule has 0 saturated carbocycles. The summed E-state index contributed by atoms with van der Waals surface area (Å²) in [5.74, 6) is -0.483. The molecule has 4 aromatic carbocycles. The van der Waals surface area contributed by atoms with Crippen molar-refractivity contribution < 1.29 is 43.2 Å². The number of phenolic OH excluding ortho intramolecular Hbond substituents is 2. The summed E-state index contributed by atoms with van der Waals surface area (Å²) in [7, 11) is 0. The van der Waals surface area contributed by atoms with Crippen LogP contribution in [0, 0.1) is 23.8 Å². The maximum absolute atomic E-state index is 12.0. The number of phenols is 2. The standard InChI is InChI=1S/C13H9.2C6H5FO.C5H5.C3H6.Zr/c1-3-7-12-10(5-1)9-11-6-2-4-8-13(11)12;2*7-5-1-3-6(8)4-2-5;1-2-4-5-3-1;1-3-2;/h1-5,7-8H,9H2;2*1-4,8H;1-3H,4H2;1-2H3;/q-1;;;-1;;+2. The number of hydrogen-bond acceptors (Lipinski definition) is 2. The molecular formula is C33H30F2O2Zr. The monoisotopic (exact) mass is 586 g/mol. The van der Waals surface area contributed by atoms with Crippen LogP contribution in [0.25, 0.3) is 11.1 Å². The molecule has 5 heteroatoms. The quantitative estimate of drug-likeness (QED) is 0.179. The Hall–Kier alpha value is -3.43. The molecular weight excluding hydrogens is 558 g/mol. The zero-order valence-electron chi connectivity index (χ0n) is 21.5. The Morgan fingerprint density at radius 1 is 0.763 bits per heavy atom. The Bertz CT molecular complexity index is 1180. The van der Waals surface area contributed by atoms with Crippen LogP contribution in [-0.4, -0.2) is 13.4 Å². The van der Waals surface area contributed by atoms with Crippen LogP contribution in [-0.2, 0) is 30.7 Å². The van der Waals surface area contributed by atoms with Crippen LogP contribution < -0.4 is 0 Å². The fraction of sp³-hybridized carbons (Fsp3) is 0.121. The zero-order chi connectivity index (χ0) is 27.8. The van der Waals surface area contributed by atoms with Crippen LogP contribution in [0.15, 0.2) is 109 Å². The van der Waals surface area contributed by atoms with E-state index in [-0.39, 0.29) is 23.1 Å². The molecule has 0 aromatic heterocycles. The van der Waals surface area contributed by atoms with Gasteiger partial charge in [0.1, 0.15) is 23.1 Å². The van der Waals surface area contributed by atoms with Crippen molar-refractivity contribution in [1.82, 2.24) is 0 Å². The van der Waals surface area contributed by atoms with Crippen LogP contribution in [0.1, 0.15) is 31.4 Å². The van der Waals surface area contributed by atoms with E-state index >= 15 is 0 Å². The van der Waals surface area contributed by atoms with Crippen LogP contribution in [0.4, 0.5) is 8.78 Å². The summed E-state index contributed by atoms with van der Waals surface area (Å²) in [4.78, 5) is 0. The first-order valence-electron chi connectivity index (χ1n) is 12.0. The van der Waals surface area contributed by atoms with Gasteiger partial charge < -0.3 is 10.2 Å². The normalized spacial score (nSPS) is 11.1. The molecule has 2 aliphatic rings. The van der Waals surface area contributed by atoms with Crippen LogP contribution in [0.5, 0.6) is 11.5 Å². The molecule has 0 saturated heterocycles. The van der Waals surface area contributed by atoms with E-state index in [9.17, 15) is 8.78 Å². The number of halogens is 2. The van der Waals surface area contributed by atoms with E-state index < -0.39 is 0 Å². The number of rotatable bonds is 0.